The maximum atomic E-state index is 9.32. The zero-order valence-electron chi connectivity index (χ0n) is 7.54. The lowest BCUT2D eigenvalue weighted by atomic mass is 10.1. The summed E-state index contributed by atoms with van der Waals surface area (Å²) in [7, 11) is 0. The second kappa shape index (κ2) is 4.12. The van der Waals surface area contributed by atoms with Gasteiger partial charge in [-0.3, -0.25) is 0 Å². The molecule has 0 bridgehead atoms. The van der Waals surface area contributed by atoms with Crippen LogP contribution in [0.4, 0.5) is 5.69 Å². The summed E-state index contributed by atoms with van der Waals surface area (Å²) in [5.41, 5.74) is 2.08. The van der Waals surface area contributed by atoms with Crippen LogP contribution in [0.5, 0.6) is 0 Å². The molecule has 66 valence electrons. The van der Waals surface area contributed by atoms with Gasteiger partial charge in [0.2, 0.25) is 0 Å². The van der Waals surface area contributed by atoms with E-state index in [0.29, 0.717) is 6.54 Å². The zero-order chi connectivity index (χ0) is 8.97. The van der Waals surface area contributed by atoms with Crippen molar-refractivity contribution in [2.24, 2.45) is 0 Å². The van der Waals surface area contributed by atoms with Crippen LogP contribution in [0.25, 0.3) is 0 Å². The highest BCUT2D eigenvalue weighted by Gasteiger charge is 2.17. The van der Waals surface area contributed by atoms with Gasteiger partial charge in [-0.05, 0) is 6.07 Å². The van der Waals surface area contributed by atoms with Gasteiger partial charge in [0, 0.05) is 17.8 Å². The summed E-state index contributed by atoms with van der Waals surface area (Å²) in [5.74, 6) is 0. The van der Waals surface area contributed by atoms with Crippen LogP contribution in [0.1, 0.15) is 25.5 Å². The number of benzene rings is 1. The molecule has 0 aliphatic carbocycles. The molecular weight excluding hydrogens is 150 g/mol. The normalized spacial score (nSPS) is 18.8. The fourth-order valence-electron chi connectivity index (χ4n) is 1.27. The molecule has 0 amide bonds. The van der Waals surface area contributed by atoms with E-state index in [1.165, 1.54) is 0 Å². The van der Waals surface area contributed by atoms with Crippen molar-refractivity contribution in [2.45, 2.75) is 20.0 Å². The number of hydrogen-bond acceptors (Lipinski definition) is 2. The molecule has 12 heavy (non-hydrogen) atoms. The van der Waals surface area contributed by atoms with Gasteiger partial charge in [-0.15, -0.1) is 0 Å². The third-order valence-corrected chi connectivity index (χ3v) is 1.81. The highest BCUT2D eigenvalue weighted by Crippen LogP contribution is 2.28. The predicted molar refractivity (Wildman–Crippen MR) is 51.2 cm³/mol. The fraction of sp³-hybridized carbons (Fsp3) is 0.400. The number of fused-ring (bicyclic) bond motifs is 1. The predicted octanol–water partition coefficient (Wildman–Crippen LogP) is 2.17. The minimum Gasteiger partial charge on any atom is -0.386 e. The van der Waals surface area contributed by atoms with Crippen molar-refractivity contribution in [3.63, 3.8) is 0 Å². The summed E-state index contributed by atoms with van der Waals surface area (Å²) in [4.78, 5) is 0. The molecule has 1 unspecified atom stereocenters. The van der Waals surface area contributed by atoms with Crippen molar-refractivity contribution < 1.29 is 5.11 Å². The number of nitrogens with one attached hydrogen (secondary N) is 1. The third kappa shape index (κ3) is 1.59. The first-order chi connectivity index (χ1) is 5.88. The van der Waals surface area contributed by atoms with Gasteiger partial charge in [-0.25, -0.2) is 0 Å². The average Bonchev–Trinajstić information content (AvgIpc) is 2.53. The maximum absolute atomic E-state index is 9.32. The first-order valence-electron chi connectivity index (χ1n) is 4.39. The van der Waals surface area contributed by atoms with Crippen LogP contribution in [0.3, 0.4) is 0 Å². The molecule has 0 aromatic heterocycles. The molecule has 0 saturated carbocycles. The van der Waals surface area contributed by atoms with Gasteiger partial charge >= 0.3 is 0 Å². The minimum atomic E-state index is -0.309. The molecule has 1 aromatic rings. The van der Waals surface area contributed by atoms with Gasteiger partial charge in [0.05, 0.1) is 6.10 Å². The summed E-state index contributed by atoms with van der Waals surface area (Å²) in [6.07, 6.45) is -0.309. The third-order valence-electron chi connectivity index (χ3n) is 1.81. The summed E-state index contributed by atoms with van der Waals surface area (Å²) in [5, 5.41) is 12.4. The molecular formula is C10H15NO. The Kier molecular flexibility index (Phi) is 3.11. The van der Waals surface area contributed by atoms with E-state index in [1.54, 1.807) is 0 Å². The molecule has 0 spiro atoms. The van der Waals surface area contributed by atoms with E-state index in [-0.39, 0.29) is 6.10 Å². The van der Waals surface area contributed by atoms with Crippen LogP contribution in [0.15, 0.2) is 24.3 Å². The molecule has 1 atom stereocenters. The number of hydrogen-bond donors (Lipinski definition) is 2. The summed E-state index contributed by atoms with van der Waals surface area (Å²) < 4.78 is 0. The van der Waals surface area contributed by atoms with Crippen LogP contribution in [0.2, 0.25) is 0 Å². The molecule has 1 aromatic carbocycles. The highest BCUT2D eigenvalue weighted by atomic mass is 16.3. The first-order valence-corrected chi connectivity index (χ1v) is 4.39. The smallest absolute Gasteiger partial charge is 0.0982 e. The van der Waals surface area contributed by atoms with Crippen molar-refractivity contribution in [1.82, 2.24) is 0 Å². The monoisotopic (exact) mass is 165 g/mol. The van der Waals surface area contributed by atoms with E-state index in [0.717, 1.165) is 11.3 Å². The highest BCUT2D eigenvalue weighted by molar-refractivity contribution is 5.56. The number of anilines is 1. The Morgan fingerprint density at radius 3 is 2.67 bits per heavy atom. The second-order valence-corrected chi connectivity index (χ2v) is 2.48. The topological polar surface area (TPSA) is 32.3 Å². The molecule has 2 N–H and O–H groups in total. The Bertz CT molecular complexity index is 247. The lowest BCUT2D eigenvalue weighted by molar-refractivity contribution is 0.199. The molecule has 0 radical (unpaired) electrons. The summed E-state index contributed by atoms with van der Waals surface area (Å²) in [6, 6.07) is 7.82. The van der Waals surface area contributed by atoms with E-state index in [1.807, 2.05) is 38.1 Å². The standard InChI is InChI=1S/C8H9NO.C2H6/c10-8-5-9-7-4-2-1-3-6(7)8;1-2/h1-4,8-10H,5H2;1-2H3. The number of aliphatic hydroxyl groups is 1. The number of rotatable bonds is 0. The van der Waals surface area contributed by atoms with Crippen LogP contribution in [0, 0.1) is 0 Å². The van der Waals surface area contributed by atoms with Crippen LogP contribution >= 0.6 is 0 Å². The fourth-order valence-corrected chi connectivity index (χ4v) is 1.27. The minimum absolute atomic E-state index is 0.309. The van der Waals surface area contributed by atoms with Gasteiger partial charge in [-0.1, -0.05) is 32.0 Å². The van der Waals surface area contributed by atoms with E-state index in [2.05, 4.69) is 5.32 Å². The number of aliphatic hydroxyl groups excluding tert-OH is 1. The van der Waals surface area contributed by atoms with Crippen molar-refractivity contribution in [3.8, 4) is 0 Å². The summed E-state index contributed by atoms with van der Waals surface area (Å²) in [6.45, 7) is 4.65. The van der Waals surface area contributed by atoms with Gasteiger partial charge in [-0.2, -0.15) is 0 Å². The Labute approximate surface area is 73.2 Å². The van der Waals surface area contributed by atoms with Gasteiger partial charge in [0.1, 0.15) is 0 Å². The first kappa shape index (κ1) is 9.07. The van der Waals surface area contributed by atoms with E-state index < -0.39 is 0 Å². The Morgan fingerprint density at radius 2 is 2.00 bits per heavy atom. The van der Waals surface area contributed by atoms with Gasteiger partial charge in [0.25, 0.3) is 0 Å². The summed E-state index contributed by atoms with van der Waals surface area (Å²) >= 11 is 0. The van der Waals surface area contributed by atoms with Crippen molar-refractivity contribution in [2.75, 3.05) is 11.9 Å². The van der Waals surface area contributed by atoms with Gasteiger partial charge in [0.15, 0.2) is 0 Å². The Hall–Kier alpha value is -1.02. The Balaban J connectivity index is 0.000000336. The molecule has 1 aliphatic rings. The quantitative estimate of drug-likeness (QED) is 0.617. The van der Waals surface area contributed by atoms with E-state index in [9.17, 15) is 5.11 Å². The lowest BCUT2D eigenvalue weighted by Gasteiger charge is -1.98. The molecule has 2 nitrogen and oxygen atoms in total. The lowest BCUT2D eigenvalue weighted by Crippen LogP contribution is -1.98. The second-order valence-electron chi connectivity index (χ2n) is 2.48. The number of β-amino-alcohol motifs (C(OH)–C–C–N with tert-alkyl or cyclic N) is 1. The van der Waals surface area contributed by atoms with E-state index in [4.69, 9.17) is 0 Å². The number of para-hydroxylation sites is 1. The average molecular weight is 165 g/mol. The molecule has 0 fully saturated rings. The van der Waals surface area contributed by atoms with Crippen molar-refractivity contribution >= 4 is 5.69 Å². The SMILES string of the molecule is CC.OC1CNc2ccccc21. The largest absolute Gasteiger partial charge is 0.386 e. The van der Waals surface area contributed by atoms with Crippen molar-refractivity contribution in [1.29, 1.82) is 0 Å². The van der Waals surface area contributed by atoms with E-state index >= 15 is 0 Å². The molecule has 1 aliphatic heterocycles. The molecule has 1 heterocycles. The Morgan fingerprint density at radius 1 is 1.33 bits per heavy atom. The van der Waals surface area contributed by atoms with Gasteiger partial charge < -0.3 is 10.4 Å². The van der Waals surface area contributed by atoms with Crippen LogP contribution in [-0.2, 0) is 0 Å². The molecule has 2 heteroatoms. The van der Waals surface area contributed by atoms with Crippen molar-refractivity contribution in [3.05, 3.63) is 29.8 Å². The zero-order valence-corrected chi connectivity index (χ0v) is 7.54. The molecule has 2 rings (SSSR count). The molecule has 0 saturated heterocycles. The van der Waals surface area contributed by atoms with Crippen LogP contribution < -0.4 is 5.32 Å². The van der Waals surface area contributed by atoms with Crippen LogP contribution in [-0.4, -0.2) is 11.7 Å². The maximum Gasteiger partial charge on any atom is 0.0982 e.